The zero-order valence-electron chi connectivity index (χ0n) is 15.3. The summed E-state index contributed by atoms with van der Waals surface area (Å²) in [5.74, 6) is 0.141. The van der Waals surface area contributed by atoms with Gasteiger partial charge >= 0.3 is 0 Å². The maximum atomic E-state index is 12.6. The molecule has 1 aliphatic heterocycles. The minimum absolute atomic E-state index is 0.0946. The van der Waals surface area contributed by atoms with Gasteiger partial charge in [-0.1, -0.05) is 15.9 Å². The fraction of sp³-hybridized carbons (Fsp3) is 0.350. The van der Waals surface area contributed by atoms with E-state index in [1.54, 1.807) is 18.3 Å². The van der Waals surface area contributed by atoms with Crippen molar-refractivity contribution >= 4 is 39.2 Å². The molecule has 1 aromatic heterocycles. The zero-order valence-corrected chi connectivity index (χ0v) is 16.9. The molecule has 0 unspecified atom stereocenters. The maximum absolute atomic E-state index is 12.6. The third-order valence-electron chi connectivity index (χ3n) is 4.56. The van der Waals surface area contributed by atoms with E-state index in [0.29, 0.717) is 11.4 Å². The molecule has 2 N–H and O–H groups in total. The molecule has 142 valence electrons. The van der Waals surface area contributed by atoms with Gasteiger partial charge in [-0.2, -0.15) is 0 Å². The summed E-state index contributed by atoms with van der Waals surface area (Å²) in [5.41, 5.74) is 2.18. The van der Waals surface area contributed by atoms with Crippen molar-refractivity contribution < 1.29 is 9.59 Å². The molecule has 0 radical (unpaired) electrons. The lowest BCUT2D eigenvalue weighted by Gasteiger charge is -2.29. The van der Waals surface area contributed by atoms with E-state index in [-0.39, 0.29) is 18.4 Å². The summed E-state index contributed by atoms with van der Waals surface area (Å²) in [5, 5.41) is 5.52. The number of nitrogens with one attached hydrogen (secondary N) is 2. The monoisotopic (exact) mass is 430 g/mol. The quantitative estimate of drug-likeness (QED) is 0.760. The van der Waals surface area contributed by atoms with Crippen LogP contribution in [0.1, 0.15) is 35.2 Å². The summed E-state index contributed by atoms with van der Waals surface area (Å²) < 4.78 is 0.952. The Bertz CT molecular complexity index is 834. The van der Waals surface area contributed by atoms with Crippen LogP contribution in [0, 0.1) is 6.92 Å². The second-order valence-electron chi connectivity index (χ2n) is 6.61. The number of nitrogens with zero attached hydrogens (tertiary/aromatic N) is 2. The van der Waals surface area contributed by atoms with Crippen molar-refractivity contribution in [1.29, 1.82) is 0 Å². The third-order valence-corrected chi connectivity index (χ3v) is 5.05. The van der Waals surface area contributed by atoms with Crippen LogP contribution < -0.4 is 15.5 Å². The van der Waals surface area contributed by atoms with E-state index in [0.717, 1.165) is 41.7 Å². The normalized spacial score (nSPS) is 13.9. The molecule has 6 nitrogen and oxygen atoms in total. The number of halogens is 1. The van der Waals surface area contributed by atoms with E-state index in [2.05, 4.69) is 36.4 Å². The molecule has 0 aliphatic carbocycles. The molecule has 2 amide bonds. The van der Waals surface area contributed by atoms with E-state index < -0.39 is 0 Å². The van der Waals surface area contributed by atoms with Crippen molar-refractivity contribution in [3.63, 3.8) is 0 Å². The molecular weight excluding hydrogens is 408 g/mol. The molecule has 0 atom stereocenters. The van der Waals surface area contributed by atoms with Crippen LogP contribution >= 0.6 is 15.9 Å². The molecule has 0 saturated carbocycles. The molecule has 1 aliphatic rings. The van der Waals surface area contributed by atoms with Gasteiger partial charge in [0.05, 0.1) is 12.1 Å². The number of hydrogen-bond donors (Lipinski definition) is 2. The van der Waals surface area contributed by atoms with Crippen LogP contribution in [0.2, 0.25) is 0 Å². The lowest BCUT2D eigenvalue weighted by atomic mass is 10.1. The summed E-state index contributed by atoms with van der Waals surface area (Å²) >= 11 is 3.40. The molecular formula is C20H23BrN4O2. The first-order valence-electron chi connectivity index (χ1n) is 9.09. The predicted molar refractivity (Wildman–Crippen MR) is 110 cm³/mol. The number of anilines is 2. The lowest BCUT2D eigenvalue weighted by Crippen LogP contribution is -2.36. The minimum Gasteiger partial charge on any atom is -0.356 e. The molecule has 1 saturated heterocycles. The molecule has 0 spiro atoms. The number of amides is 2. The summed E-state index contributed by atoms with van der Waals surface area (Å²) in [6.45, 7) is 3.63. The number of carbonyl (C=O) groups is 2. The number of carbonyl (C=O) groups excluding carboxylic acids is 2. The molecule has 2 aromatic rings. The van der Waals surface area contributed by atoms with Gasteiger partial charge in [0.1, 0.15) is 5.82 Å². The van der Waals surface area contributed by atoms with Gasteiger partial charge in [0, 0.05) is 29.4 Å². The van der Waals surface area contributed by atoms with Gasteiger partial charge in [0.2, 0.25) is 5.91 Å². The Labute approximate surface area is 167 Å². The van der Waals surface area contributed by atoms with Gasteiger partial charge in [-0.25, -0.2) is 4.98 Å². The van der Waals surface area contributed by atoms with Gasteiger partial charge in [0.15, 0.2) is 0 Å². The number of aryl methyl sites for hydroxylation is 1. The van der Waals surface area contributed by atoms with E-state index in [1.807, 2.05) is 25.1 Å². The largest absolute Gasteiger partial charge is 0.356 e. The predicted octanol–water partition coefficient (Wildman–Crippen LogP) is 3.51. The lowest BCUT2D eigenvalue weighted by molar-refractivity contribution is -0.115. The van der Waals surface area contributed by atoms with Gasteiger partial charge in [-0.05, 0) is 62.1 Å². The number of piperidine rings is 1. The fourth-order valence-electron chi connectivity index (χ4n) is 3.15. The Hall–Kier alpha value is -2.41. The molecule has 27 heavy (non-hydrogen) atoms. The van der Waals surface area contributed by atoms with Crippen molar-refractivity contribution in [3.8, 4) is 0 Å². The summed E-state index contributed by atoms with van der Waals surface area (Å²) in [7, 11) is 0. The Balaban J connectivity index is 1.61. The highest BCUT2D eigenvalue weighted by Crippen LogP contribution is 2.22. The van der Waals surface area contributed by atoms with Crippen LogP contribution in [0.3, 0.4) is 0 Å². The van der Waals surface area contributed by atoms with Crippen LogP contribution in [0.4, 0.5) is 11.5 Å². The van der Waals surface area contributed by atoms with Crippen LogP contribution in [0.15, 0.2) is 41.0 Å². The Morgan fingerprint density at radius 1 is 1.19 bits per heavy atom. The molecule has 1 fully saturated rings. The first-order valence-corrected chi connectivity index (χ1v) is 9.88. The summed E-state index contributed by atoms with van der Waals surface area (Å²) in [6, 6.07) is 9.11. The zero-order chi connectivity index (χ0) is 19.2. The van der Waals surface area contributed by atoms with E-state index in [1.165, 1.54) is 6.42 Å². The highest BCUT2D eigenvalue weighted by Gasteiger charge is 2.20. The van der Waals surface area contributed by atoms with Gasteiger partial charge in [-0.15, -0.1) is 0 Å². The Morgan fingerprint density at radius 2 is 1.96 bits per heavy atom. The maximum Gasteiger partial charge on any atom is 0.255 e. The standard InChI is InChI=1S/C20H23BrN4O2/c1-14-12-15(21)7-8-17(14)24-18(26)13-23-20(27)16-6-5-9-22-19(16)25-10-3-2-4-11-25/h5-9,12H,2-4,10-11,13H2,1H3,(H,23,27)(H,24,26). The fourth-order valence-corrected chi connectivity index (χ4v) is 3.62. The average Bonchev–Trinajstić information content (AvgIpc) is 2.69. The number of aromatic nitrogens is 1. The number of rotatable bonds is 5. The second kappa shape index (κ2) is 8.99. The van der Waals surface area contributed by atoms with Crippen molar-refractivity contribution in [1.82, 2.24) is 10.3 Å². The van der Waals surface area contributed by atoms with Gasteiger partial charge in [0.25, 0.3) is 5.91 Å². The number of pyridine rings is 1. The van der Waals surface area contributed by atoms with Crippen LogP contribution in [-0.4, -0.2) is 36.4 Å². The van der Waals surface area contributed by atoms with Crippen molar-refractivity contribution in [2.75, 3.05) is 29.9 Å². The van der Waals surface area contributed by atoms with E-state index >= 15 is 0 Å². The third kappa shape index (κ3) is 5.07. The molecule has 3 rings (SSSR count). The van der Waals surface area contributed by atoms with Gasteiger partial charge in [-0.3, -0.25) is 9.59 Å². The smallest absolute Gasteiger partial charge is 0.255 e. The van der Waals surface area contributed by atoms with Crippen molar-refractivity contribution in [2.24, 2.45) is 0 Å². The first kappa shape index (κ1) is 19.4. The van der Waals surface area contributed by atoms with E-state index in [4.69, 9.17) is 0 Å². The first-order chi connectivity index (χ1) is 13.0. The van der Waals surface area contributed by atoms with E-state index in [9.17, 15) is 9.59 Å². The van der Waals surface area contributed by atoms with Crippen molar-refractivity contribution in [2.45, 2.75) is 26.2 Å². The van der Waals surface area contributed by atoms with Crippen LogP contribution in [0.25, 0.3) is 0 Å². The number of hydrogen-bond acceptors (Lipinski definition) is 4. The highest BCUT2D eigenvalue weighted by atomic mass is 79.9. The highest BCUT2D eigenvalue weighted by molar-refractivity contribution is 9.10. The minimum atomic E-state index is -0.286. The Morgan fingerprint density at radius 3 is 2.70 bits per heavy atom. The molecule has 0 bridgehead atoms. The Kier molecular flexibility index (Phi) is 6.45. The summed E-state index contributed by atoms with van der Waals surface area (Å²) in [4.78, 5) is 31.4. The topological polar surface area (TPSA) is 74.3 Å². The summed E-state index contributed by atoms with van der Waals surface area (Å²) in [6.07, 6.45) is 5.11. The SMILES string of the molecule is Cc1cc(Br)ccc1NC(=O)CNC(=O)c1cccnc1N1CCCCC1. The molecule has 2 heterocycles. The van der Waals surface area contributed by atoms with Crippen LogP contribution in [-0.2, 0) is 4.79 Å². The molecule has 1 aromatic carbocycles. The van der Waals surface area contributed by atoms with Gasteiger partial charge < -0.3 is 15.5 Å². The average molecular weight is 431 g/mol. The van der Waals surface area contributed by atoms with Crippen molar-refractivity contribution in [3.05, 3.63) is 52.1 Å². The van der Waals surface area contributed by atoms with Crippen LogP contribution in [0.5, 0.6) is 0 Å². The molecule has 7 heteroatoms. The second-order valence-corrected chi connectivity index (χ2v) is 7.53. The number of benzene rings is 1.